The molecule has 0 aliphatic carbocycles. The number of nitrogens with zero attached hydrogens (tertiary/aromatic N) is 1. The second-order valence-electron chi connectivity index (χ2n) is 10.7. The van der Waals surface area contributed by atoms with Crippen LogP contribution < -0.4 is 14.8 Å². The Morgan fingerprint density at radius 3 is 2.43 bits per heavy atom. The van der Waals surface area contributed by atoms with Crippen molar-refractivity contribution in [3.8, 4) is 28.4 Å². The van der Waals surface area contributed by atoms with E-state index in [4.69, 9.17) is 21.1 Å². The van der Waals surface area contributed by atoms with E-state index < -0.39 is 0 Å². The number of benzene rings is 2. The average molecular weight is 493 g/mol. The molecule has 35 heavy (non-hydrogen) atoms. The Morgan fingerprint density at radius 2 is 1.74 bits per heavy atom. The molecule has 6 heteroatoms. The lowest BCUT2D eigenvalue weighted by Gasteiger charge is -2.46. The molecule has 1 aliphatic rings. The number of hydrogen-bond acceptors (Lipinski definition) is 5. The second kappa shape index (κ2) is 10.00. The van der Waals surface area contributed by atoms with Crippen molar-refractivity contribution in [1.29, 1.82) is 0 Å². The first-order valence-corrected chi connectivity index (χ1v) is 12.3. The third-order valence-corrected chi connectivity index (χ3v) is 6.66. The fraction of sp³-hybridized carbons (Fsp3) is 0.379. The summed E-state index contributed by atoms with van der Waals surface area (Å²) in [6.07, 6.45) is 5.86. The van der Waals surface area contributed by atoms with Crippen LogP contribution in [0.3, 0.4) is 0 Å². The van der Waals surface area contributed by atoms with Gasteiger partial charge in [-0.3, -0.25) is 9.78 Å². The van der Waals surface area contributed by atoms with Crippen LogP contribution in [0.4, 0.5) is 0 Å². The van der Waals surface area contributed by atoms with Gasteiger partial charge in [0, 0.05) is 40.4 Å². The Balaban J connectivity index is 1.51. The Morgan fingerprint density at radius 1 is 1.03 bits per heavy atom. The van der Waals surface area contributed by atoms with E-state index in [-0.39, 0.29) is 16.9 Å². The minimum absolute atomic E-state index is 0.00766. The van der Waals surface area contributed by atoms with Crippen molar-refractivity contribution in [3.63, 3.8) is 0 Å². The van der Waals surface area contributed by atoms with Crippen LogP contribution in [0, 0.1) is 5.92 Å². The highest BCUT2D eigenvalue weighted by atomic mass is 35.5. The minimum Gasteiger partial charge on any atom is -0.495 e. The van der Waals surface area contributed by atoms with E-state index in [2.05, 4.69) is 38.0 Å². The number of halogens is 1. The van der Waals surface area contributed by atoms with Crippen LogP contribution in [0.5, 0.6) is 17.2 Å². The van der Waals surface area contributed by atoms with Crippen LogP contribution in [-0.2, 0) is 0 Å². The predicted molar refractivity (Wildman–Crippen MR) is 141 cm³/mol. The maximum Gasteiger partial charge on any atom is 0.163 e. The van der Waals surface area contributed by atoms with E-state index in [1.165, 1.54) is 0 Å². The second-order valence-corrected chi connectivity index (χ2v) is 11.1. The molecule has 0 spiro atoms. The minimum atomic E-state index is 0.00766. The molecule has 0 unspecified atom stereocenters. The largest absolute Gasteiger partial charge is 0.495 e. The van der Waals surface area contributed by atoms with Gasteiger partial charge in [-0.15, -0.1) is 0 Å². The molecule has 2 heterocycles. The molecule has 184 valence electrons. The zero-order valence-electron chi connectivity index (χ0n) is 21.0. The molecule has 4 rings (SSSR count). The van der Waals surface area contributed by atoms with E-state index >= 15 is 0 Å². The normalized spacial score (nSPS) is 17.1. The molecule has 1 aliphatic heterocycles. The van der Waals surface area contributed by atoms with Crippen molar-refractivity contribution in [2.75, 3.05) is 7.11 Å². The standard InChI is InChI=1S/C29H33ClN2O3/c1-28(2)15-19(16-29(3,4)32-28)12-25(33)20-10-11-27(24(30)14-20)35-26-9-7-6-8-23(26)21-13-22(34-5)18-31-17-21/h6-11,13-14,17-19,32H,12,15-16H2,1-5H3. The van der Waals surface area contributed by atoms with Gasteiger partial charge in [0.2, 0.25) is 0 Å². The number of nitrogens with one attached hydrogen (secondary N) is 1. The first-order chi connectivity index (χ1) is 16.5. The van der Waals surface area contributed by atoms with Gasteiger partial charge in [0.25, 0.3) is 0 Å². The summed E-state index contributed by atoms with van der Waals surface area (Å²) in [5.74, 6) is 2.24. The Labute approximate surface area is 212 Å². The maximum absolute atomic E-state index is 13.1. The number of para-hydroxylation sites is 1. The topological polar surface area (TPSA) is 60.5 Å². The van der Waals surface area contributed by atoms with Crippen molar-refractivity contribution < 1.29 is 14.3 Å². The van der Waals surface area contributed by atoms with Gasteiger partial charge in [0.1, 0.15) is 17.2 Å². The summed E-state index contributed by atoms with van der Waals surface area (Å²) in [6, 6.07) is 14.9. The molecule has 0 saturated carbocycles. The van der Waals surface area contributed by atoms with Gasteiger partial charge in [-0.1, -0.05) is 29.8 Å². The Bertz CT molecular complexity index is 1210. The van der Waals surface area contributed by atoms with E-state index in [0.29, 0.717) is 40.2 Å². The summed E-state index contributed by atoms with van der Waals surface area (Å²) in [5, 5.41) is 4.08. The van der Waals surface area contributed by atoms with Gasteiger partial charge in [0.05, 0.1) is 18.3 Å². The highest BCUT2D eigenvalue weighted by Crippen LogP contribution is 2.38. The molecule has 0 amide bonds. The lowest BCUT2D eigenvalue weighted by molar-refractivity contribution is 0.0864. The van der Waals surface area contributed by atoms with Gasteiger partial charge in [-0.25, -0.2) is 0 Å². The Hall–Kier alpha value is -2.89. The van der Waals surface area contributed by atoms with E-state index in [9.17, 15) is 4.79 Å². The number of ether oxygens (including phenoxy) is 2. The molecule has 0 bridgehead atoms. The molecule has 1 saturated heterocycles. The number of hydrogen-bond donors (Lipinski definition) is 1. The quantitative estimate of drug-likeness (QED) is 0.350. The zero-order chi connectivity index (χ0) is 25.2. The summed E-state index contributed by atoms with van der Waals surface area (Å²) in [5.41, 5.74) is 2.37. The monoisotopic (exact) mass is 492 g/mol. The SMILES string of the molecule is COc1cncc(-c2ccccc2Oc2ccc(C(=O)CC3CC(C)(C)NC(C)(C)C3)cc2Cl)c1. The predicted octanol–water partition coefficient (Wildman–Crippen LogP) is 7.33. The van der Waals surface area contributed by atoms with Gasteiger partial charge in [-0.05, 0) is 76.8 Å². The summed E-state index contributed by atoms with van der Waals surface area (Å²) in [6.45, 7) is 8.81. The summed E-state index contributed by atoms with van der Waals surface area (Å²) in [4.78, 5) is 17.4. The average Bonchev–Trinajstić information content (AvgIpc) is 2.78. The van der Waals surface area contributed by atoms with Crippen molar-refractivity contribution in [2.45, 2.75) is 58.0 Å². The van der Waals surface area contributed by atoms with Gasteiger partial charge in [0.15, 0.2) is 5.78 Å². The number of methoxy groups -OCH3 is 1. The molecule has 0 radical (unpaired) electrons. The van der Waals surface area contributed by atoms with Crippen molar-refractivity contribution in [2.24, 2.45) is 5.92 Å². The number of pyridine rings is 1. The van der Waals surface area contributed by atoms with Crippen LogP contribution in [0.15, 0.2) is 60.9 Å². The third kappa shape index (κ3) is 6.22. The number of carbonyl (C=O) groups is 1. The molecule has 5 nitrogen and oxygen atoms in total. The van der Waals surface area contributed by atoms with Crippen LogP contribution in [0.25, 0.3) is 11.1 Å². The molecule has 3 aromatic rings. The first kappa shape index (κ1) is 25.2. The van der Waals surface area contributed by atoms with Crippen molar-refractivity contribution in [1.82, 2.24) is 10.3 Å². The molecule has 2 aromatic carbocycles. The smallest absolute Gasteiger partial charge is 0.163 e. The van der Waals surface area contributed by atoms with Crippen molar-refractivity contribution in [3.05, 3.63) is 71.5 Å². The van der Waals surface area contributed by atoms with E-state index in [1.807, 2.05) is 30.3 Å². The molecule has 0 atom stereocenters. The van der Waals surface area contributed by atoms with E-state index in [1.54, 1.807) is 37.7 Å². The number of aromatic nitrogens is 1. The first-order valence-electron chi connectivity index (χ1n) is 11.9. The molecule has 1 aromatic heterocycles. The zero-order valence-corrected chi connectivity index (χ0v) is 21.8. The molecule has 1 N–H and O–H groups in total. The summed E-state index contributed by atoms with van der Waals surface area (Å²) < 4.78 is 11.5. The van der Waals surface area contributed by atoms with E-state index in [0.717, 1.165) is 24.0 Å². The maximum atomic E-state index is 13.1. The van der Waals surface area contributed by atoms with Gasteiger partial charge in [-0.2, -0.15) is 0 Å². The molecule has 1 fully saturated rings. The van der Waals surface area contributed by atoms with Gasteiger partial charge < -0.3 is 14.8 Å². The summed E-state index contributed by atoms with van der Waals surface area (Å²) in [7, 11) is 1.61. The summed E-state index contributed by atoms with van der Waals surface area (Å²) >= 11 is 6.58. The number of piperidine rings is 1. The lowest BCUT2D eigenvalue weighted by Crippen LogP contribution is -2.57. The number of ketones is 1. The molecular formula is C29H33ClN2O3. The number of rotatable bonds is 7. The van der Waals surface area contributed by atoms with Gasteiger partial charge >= 0.3 is 0 Å². The lowest BCUT2D eigenvalue weighted by atomic mass is 9.74. The Kier molecular flexibility index (Phi) is 7.20. The fourth-order valence-electron chi connectivity index (χ4n) is 5.41. The fourth-order valence-corrected chi connectivity index (χ4v) is 5.62. The van der Waals surface area contributed by atoms with Crippen LogP contribution >= 0.6 is 11.6 Å². The highest BCUT2D eigenvalue weighted by molar-refractivity contribution is 6.32. The highest BCUT2D eigenvalue weighted by Gasteiger charge is 2.38. The van der Waals surface area contributed by atoms with Crippen LogP contribution in [0.2, 0.25) is 5.02 Å². The van der Waals surface area contributed by atoms with Crippen LogP contribution in [0.1, 0.15) is 57.3 Å². The van der Waals surface area contributed by atoms with Crippen molar-refractivity contribution >= 4 is 17.4 Å². The number of Topliss-reactive ketones (excluding diaryl/α,β-unsaturated/α-hetero) is 1. The molecular weight excluding hydrogens is 460 g/mol. The number of carbonyl (C=O) groups excluding carboxylic acids is 1. The van der Waals surface area contributed by atoms with Crippen LogP contribution in [-0.4, -0.2) is 29.0 Å². The third-order valence-electron chi connectivity index (χ3n) is 6.37.